The van der Waals surface area contributed by atoms with Crippen LogP contribution in [-0.4, -0.2) is 5.78 Å². The number of ketones is 1. The first-order valence-electron chi connectivity index (χ1n) is 10.1. The number of benzene rings is 3. The number of carbonyl (C=O) groups is 1. The highest BCUT2D eigenvalue weighted by Crippen LogP contribution is 2.68. The molecule has 0 amide bonds. The normalized spacial score (nSPS) is 25.7. The third-order valence-corrected chi connectivity index (χ3v) is 7.08. The highest BCUT2D eigenvalue weighted by Gasteiger charge is 2.55. The second-order valence-corrected chi connectivity index (χ2v) is 8.54. The first-order valence-corrected chi connectivity index (χ1v) is 10.1. The predicted octanol–water partition coefficient (Wildman–Crippen LogP) is 6.18. The maximum absolute atomic E-state index is 12.1. The summed E-state index contributed by atoms with van der Waals surface area (Å²) in [4.78, 5) is 12.1. The van der Waals surface area contributed by atoms with E-state index in [0.717, 1.165) is 5.56 Å². The van der Waals surface area contributed by atoms with E-state index in [1.54, 1.807) is 6.92 Å². The van der Waals surface area contributed by atoms with Gasteiger partial charge in [0.25, 0.3) is 0 Å². The zero-order valence-corrected chi connectivity index (χ0v) is 16.3. The van der Waals surface area contributed by atoms with Crippen molar-refractivity contribution in [3.05, 3.63) is 93.5 Å². The molecule has 2 nitrogen and oxygen atoms in total. The van der Waals surface area contributed by atoms with Crippen molar-refractivity contribution in [3.63, 3.8) is 0 Å². The van der Waals surface area contributed by atoms with Gasteiger partial charge in [-0.05, 0) is 71.3 Å². The van der Waals surface area contributed by atoms with E-state index in [4.69, 9.17) is 4.74 Å². The summed E-state index contributed by atoms with van der Waals surface area (Å²) in [5, 5.41) is 0. The van der Waals surface area contributed by atoms with Crippen molar-refractivity contribution >= 4 is 5.78 Å². The number of carbonyl (C=O) groups excluding carboxylic acids is 1. The lowest BCUT2D eigenvalue weighted by Gasteiger charge is -2.37. The van der Waals surface area contributed by atoms with Crippen molar-refractivity contribution in [2.75, 3.05) is 0 Å². The van der Waals surface area contributed by atoms with Gasteiger partial charge in [0.05, 0.1) is 12.2 Å². The number of ether oxygens (including phenoxy) is 1. The van der Waals surface area contributed by atoms with Crippen LogP contribution < -0.4 is 0 Å². The molecular formula is C26H22O2. The average molecular weight is 366 g/mol. The topological polar surface area (TPSA) is 26.3 Å². The zero-order chi connectivity index (χ0) is 19.2. The largest absolute Gasteiger partial charge is 0.364 e. The Kier molecular flexibility index (Phi) is 3.15. The lowest BCUT2D eigenvalue weighted by atomic mass is 9.63. The van der Waals surface area contributed by atoms with Gasteiger partial charge in [0.15, 0.2) is 5.78 Å². The van der Waals surface area contributed by atoms with E-state index in [9.17, 15) is 4.79 Å². The molecule has 3 aromatic rings. The molecule has 0 N–H and O–H groups in total. The fourth-order valence-electron chi connectivity index (χ4n) is 5.63. The Morgan fingerprint density at radius 1 is 0.750 bits per heavy atom. The van der Waals surface area contributed by atoms with Crippen molar-refractivity contribution in [1.29, 1.82) is 0 Å². The van der Waals surface area contributed by atoms with E-state index < -0.39 is 0 Å². The van der Waals surface area contributed by atoms with E-state index in [0.29, 0.717) is 11.8 Å². The molecule has 2 heterocycles. The number of aryl methyl sites for hydroxylation is 2. The van der Waals surface area contributed by atoms with Crippen LogP contribution in [0, 0.1) is 13.8 Å². The van der Waals surface area contributed by atoms with Crippen LogP contribution in [0.3, 0.4) is 0 Å². The molecule has 4 atom stereocenters. The van der Waals surface area contributed by atoms with Crippen LogP contribution in [-0.2, 0) is 4.74 Å². The first kappa shape index (κ1) is 16.3. The third-order valence-electron chi connectivity index (χ3n) is 7.08. The maximum atomic E-state index is 12.1. The minimum Gasteiger partial charge on any atom is -0.364 e. The van der Waals surface area contributed by atoms with E-state index in [1.807, 2.05) is 6.07 Å². The van der Waals surface area contributed by atoms with Gasteiger partial charge in [0.2, 0.25) is 0 Å². The maximum Gasteiger partial charge on any atom is 0.159 e. The van der Waals surface area contributed by atoms with Gasteiger partial charge >= 0.3 is 0 Å². The second kappa shape index (κ2) is 5.42. The van der Waals surface area contributed by atoms with Crippen LogP contribution in [0.4, 0.5) is 0 Å². The molecule has 0 saturated carbocycles. The summed E-state index contributed by atoms with van der Waals surface area (Å²) >= 11 is 0. The van der Waals surface area contributed by atoms with Gasteiger partial charge in [-0.2, -0.15) is 0 Å². The standard InChI is InChI=1S/C26H22O2/c1-13-10-20-21-12-16(15(3)27)8-9-17(21)23-24(22(20)11-14(13)2)26-19-7-5-4-6-18(19)25(23)28-26/h4-12,23-26H,1-3H3/t23-,24+,25+,26-/m0/s1. The number of rotatable bonds is 1. The quantitative estimate of drug-likeness (QED) is 0.481. The van der Waals surface area contributed by atoms with Gasteiger partial charge in [-0.3, -0.25) is 4.79 Å². The number of hydrogen-bond acceptors (Lipinski definition) is 2. The van der Waals surface area contributed by atoms with E-state index >= 15 is 0 Å². The van der Waals surface area contributed by atoms with Crippen LogP contribution in [0.5, 0.6) is 0 Å². The van der Waals surface area contributed by atoms with Crippen LogP contribution >= 0.6 is 0 Å². The molecule has 0 radical (unpaired) electrons. The van der Waals surface area contributed by atoms with E-state index in [1.165, 1.54) is 44.5 Å². The fraction of sp³-hybridized carbons (Fsp3) is 0.269. The van der Waals surface area contributed by atoms with Crippen molar-refractivity contribution in [2.45, 2.75) is 44.8 Å². The Hall–Kier alpha value is -2.71. The molecule has 0 unspecified atom stereocenters. The van der Waals surface area contributed by atoms with Crippen molar-refractivity contribution in [1.82, 2.24) is 0 Å². The fourth-order valence-corrected chi connectivity index (χ4v) is 5.63. The van der Waals surface area contributed by atoms with Gasteiger partial charge in [-0.1, -0.05) is 48.5 Å². The van der Waals surface area contributed by atoms with Crippen LogP contribution in [0.1, 0.15) is 74.7 Å². The van der Waals surface area contributed by atoms with E-state index in [-0.39, 0.29) is 18.0 Å². The molecule has 3 aromatic carbocycles. The first-order chi connectivity index (χ1) is 13.5. The third kappa shape index (κ3) is 1.94. The lowest BCUT2D eigenvalue weighted by Crippen LogP contribution is -2.23. The Balaban J connectivity index is 1.66. The van der Waals surface area contributed by atoms with Crippen LogP contribution in [0.25, 0.3) is 11.1 Å². The summed E-state index contributed by atoms with van der Waals surface area (Å²) in [6, 6.07) is 19.6. The summed E-state index contributed by atoms with van der Waals surface area (Å²) in [6.07, 6.45) is 0.218. The zero-order valence-electron chi connectivity index (χ0n) is 16.3. The molecule has 1 saturated heterocycles. The average Bonchev–Trinajstić information content (AvgIpc) is 3.27. The minimum absolute atomic E-state index is 0.0999. The van der Waals surface area contributed by atoms with Crippen molar-refractivity contribution in [3.8, 4) is 11.1 Å². The summed E-state index contributed by atoms with van der Waals surface area (Å²) in [7, 11) is 0. The summed E-state index contributed by atoms with van der Waals surface area (Å²) < 4.78 is 6.58. The van der Waals surface area contributed by atoms with Crippen molar-refractivity contribution in [2.24, 2.45) is 0 Å². The summed E-state index contributed by atoms with van der Waals surface area (Å²) in [6.45, 7) is 6.00. The Bertz CT molecular complexity index is 1170. The lowest BCUT2D eigenvalue weighted by molar-refractivity contribution is 0.0644. The molecule has 2 bridgehead atoms. The van der Waals surface area contributed by atoms with Gasteiger partial charge in [-0.25, -0.2) is 0 Å². The number of Topliss-reactive ketones (excluding diaryl/α,β-unsaturated/α-hetero) is 1. The molecule has 2 aliphatic heterocycles. The van der Waals surface area contributed by atoms with Crippen LogP contribution in [0.2, 0.25) is 0 Å². The predicted molar refractivity (Wildman–Crippen MR) is 110 cm³/mol. The Labute approximate surface area is 165 Å². The molecule has 0 aromatic heterocycles. The Morgan fingerprint density at radius 2 is 1.36 bits per heavy atom. The van der Waals surface area contributed by atoms with Gasteiger partial charge in [0.1, 0.15) is 0 Å². The molecule has 2 heteroatoms. The van der Waals surface area contributed by atoms with Gasteiger partial charge in [0, 0.05) is 17.4 Å². The minimum atomic E-state index is 0.0999. The molecule has 0 spiro atoms. The van der Waals surface area contributed by atoms with Crippen LogP contribution in [0.15, 0.2) is 54.6 Å². The number of fused-ring (bicyclic) bond motifs is 13. The molecule has 138 valence electrons. The van der Waals surface area contributed by atoms with E-state index in [2.05, 4.69) is 62.4 Å². The molecule has 1 aliphatic carbocycles. The molecule has 6 rings (SSSR count). The van der Waals surface area contributed by atoms with Crippen molar-refractivity contribution < 1.29 is 9.53 Å². The smallest absolute Gasteiger partial charge is 0.159 e. The molecule has 1 fully saturated rings. The Morgan fingerprint density at radius 3 is 2.04 bits per heavy atom. The molecule has 28 heavy (non-hydrogen) atoms. The molecule has 3 aliphatic rings. The number of hydrogen-bond donors (Lipinski definition) is 0. The second-order valence-electron chi connectivity index (χ2n) is 8.54. The summed E-state index contributed by atoms with van der Waals surface area (Å²) in [5.41, 5.74) is 11.3. The summed E-state index contributed by atoms with van der Waals surface area (Å²) in [5.74, 6) is 0.764. The highest BCUT2D eigenvalue weighted by molar-refractivity contribution is 5.96. The SMILES string of the molecule is CC(=O)c1ccc2c(c1)-c1cc(C)c(C)cc1[C@@H]1[C@H]2[C@@H]2O[C@H]1c1ccccc12. The van der Waals surface area contributed by atoms with Gasteiger partial charge < -0.3 is 4.74 Å². The monoisotopic (exact) mass is 366 g/mol. The van der Waals surface area contributed by atoms with Gasteiger partial charge in [-0.15, -0.1) is 0 Å². The molecular weight excluding hydrogens is 344 g/mol. The highest BCUT2D eigenvalue weighted by atomic mass is 16.5.